The minimum absolute atomic E-state index is 0.112. The molecule has 1 atom stereocenters. The molecule has 0 radical (unpaired) electrons. The summed E-state index contributed by atoms with van der Waals surface area (Å²) in [4.78, 5) is 4.33. The van der Waals surface area contributed by atoms with Gasteiger partial charge in [-0.3, -0.25) is 9.82 Å². The fourth-order valence-electron chi connectivity index (χ4n) is 3.27. The molecule has 28 heavy (non-hydrogen) atoms. The molecule has 0 amide bonds. The number of aromatic nitrogens is 4. The largest absolute Gasteiger partial charge is 0.339 e. The number of para-hydroxylation sites is 1. The smallest absolute Gasteiger partial charge is 0.229 e. The van der Waals surface area contributed by atoms with Crippen LogP contribution in [0, 0.1) is 6.92 Å². The molecule has 1 unspecified atom stereocenters. The van der Waals surface area contributed by atoms with Crippen LogP contribution in [0.15, 0.2) is 53.1 Å². The van der Waals surface area contributed by atoms with Crippen LogP contribution >= 0.6 is 0 Å². The van der Waals surface area contributed by atoms with Gasteiger partial charge in [-0.25, -0.2) is 8.42 Å². The van der Waals surface area contributed by atoms with Crippen molar-refractivity contribution in [3.05, 3.63) is 71.5 Å². The second-order valence-corrected chi connectivity index (χ2v) is 8.36. The van der Waals surface area contributed by atoms with E-state index in [0.29, 0.717) is 29.3 Å². The Labute approximate surface area is 162 Å². The molecule has 9 heteroatoms. The van der Waals surface area contributed by atoms with Gasteiger partial charge >= 0.3 is 0 Å². The number of anilines is 1. The number of rotatable bonds is 6. The van der Waals surface area contributed by atoms with Crippen LogP contribution in [-0.4, -0.2) is 35.0 Å². The third kappa shape index (κ3) is 3.74. The maximum Gasteiger partial charge on any atom is 0.229 e. The Morgan fingerprint density at radius 3 is 2.61 bits per heavy atom. The first-order valence-electron chi connectivity index (χ1n) is 8.69. The fourth-order valence-corrected chi connectivity index (χ4v) is 3.84. The summed E-state index contributed by atoms with van der Waals surface area (Å²) in [7, 11) is -3.41. The van der Waals surface area contributed by atoms with E-state index in [1.165, 1.54) is 0 Å². The summed E-state index contributed by atoms with van der Waals surface area (Å²) < 4.78 is 31.2. The lowest BCUT2D eigenvalue weighted by Gasteiger charge is -2.14. The number of H-pyrrole nitrogens is 1. The molecule has 0 saturated carbocycles. The molecule has 4 rings (SSSR count). The van der Waals surface area contributed by atoms with Gasteiger partial charge in [-0.05, 0) is 18.6 Å². The number of hydrogen-bond acceptors (Lipinski definition) is 6. The predicted molar refractivity (Wildman–Crippen MR) is 106 cm³/mol. The number of aromatic amines is 1. The highest BCUT2D eigenvalue weighted by molar-refractivity contribution is 7.92. The quantitative estimate of drug-likeness (QED) is 0.517. The van der Waals surface area contributed by atoms with Crippen LogP contribution < -0.4 is 4.72 Å². The summed E-state index contributed by atoms with van der Waals surface area (Å²) in [5.41, 5.74) is 2.91. The Hall–Kier alpha value is -3.20. The lowest BCUT2D eigenvalue weighted by Crippen LogP contribution is -2.09. The van der Waals surface area contributed by atoms with Crippen LogP contribution in [0.25, 0.3) is 10.9 Å². The number of aryl methyl sites for hydroxylation is 1. The van der Waals surface area contributed by atoms with E-state index in [9.17, 15) is 8.42 Å². The van der Waals surface area contributed by atoms with Crippen LogP contribution in [0.3, 0.4) is 0 Å². The molecule has 2 aromatic carbocycles. The molecule has 0 aliphatic heterocycles. The Kier molecular flexibility index (Phi) is 4.60. The zero-order valence-corrected chi connectivity index (χ0v) is 16.2. The maximum absolute atomic E-state index is 11.7. The topological polar surface area (TPSA) is 114 Å². The Morgan fingerprint density at radius 1 is 1.14 bits per heavy atom. The van der Waals surface area contributed by atoms with Crippen molar-refractivity contribution < 1.29 is 12.9 Å². The number of benzene rings is 2. The fraction of sp³-hybridized carbons (Fsp3) is 0.211. The normalized spacial score (nSPS) is 12.9. The molecule has 2 N–H and O–H groups in total. The molecule has 8 nitrogen and oxygen atoms in total. The molecule has 0 aliphatic rings. The van der Waals surface area contributed by atoms with E-state index in [1.807, 2.05) is 36.4 Å². The zero-order chi connectivity index (χ0) is 19.7. The molecule has 0 saturated heterocycles. The van der Waals surface area contributed by atoms with Crippen LogP contribution in [0.2, 0.25) is 0 Å². The molecule has 0 spiro atoms. The molecule has 0 fully saturated rings. The van der Waals surface area contributed by atoms with Crippen molar-refractivity contribution in [2.75, 3.05) is 11.0 Å². The number of sulfonamides is 1. The van der Waals surface area contributed by atoms with E-state index in [0.717, 1.165) is 22.9 Å². The van der Waals surface area contributed by atoms with Gasteiger partial charge in [0.25, 0.3) is 0 Å². The van der Waals surface area contributed by atoms with E-state index in [4.69, 9.17) is 4.52 Å². The lowest BCUT2D eigenvalue weighted by atomic mass is 9.90. The molecule has 2 aromatic heterocycles. The first-order chi connectivity index (χ1) is 13.4. The molecule has 0 bridgehead atoms. The molecule has 4 aromatic rings. The first-order valence-corrected chi connectivity index (χ1v) is 10.6. The van der Waals surface area contributed by atoms with Gasteiger partial charge < -0.3 is 4.52 Å². The molecule has 2 heterocycles. The highest BCUT2D eigenvalue weighted by Gasteiger charge is 2.23. The molecular weight excluding hydrogens is 378 g/mol. The third-order valence-corrected chi connectivity index (χ3v) is 5.00. The van der Waals surface area contributed by atoms with Crippen molar-refractivity contribution >= 4 is 26.6 Å². The Morgan fingerprint density at radius 2 is 1.93 bits per heavy atom. The van der Waals surface area contributed by atoms with Crippen molar-refractivity contribution in [1.82, 2.24) is 20.3 Å². The summed E-state index contributed by atoms with van der Waals surface area (Å²) >= 11 is 0. The van der Waals surface area contributed by atoms with Crippen LogP contribution in [-0.2, 0) is 16.4 Å². The number of fused-ring (bicyclic) bond motifs is 1. The van der Waals surface area contributed by atoms with E-state index >= 15 is 0 Å². The van der Waals surface area contributed by atoms with Crippen molar-refractivity contribution in [1.29, 1.82) is 0 Å². The number of hydrogen-bond donors (Lipinski definition) is 2. The van der Waals surface area contributed by atoms with Gasteiger partial charge in [-0.15, -0.1) is 0 Å². The third-order valence-electron chi connectivity index (χ3n) is 4.41. The van der Waals surface area contributed by atoms with Gasteiger partial charge in [0.2, 0.25) is 15.9 Å². The minimum atomic E-state index is -3.41. The van der Waals surface area contributed by atoms with Gasteiger partial charge in [0, 0.05) is 17.7 Å². The van der Waals surface area contributed by atoms with Crippen LogP contribution in [0.4, 0.5) is 5.69 Å². The lowest BCUT2D eigenvalue weighted by molar-refractivity contribution is 0.370. The highest BCUT2D eigenvalue weighted by Crippen LogP contribution is 2.34. The Balaban J connectivity index is 1.82. The zero-order valence-electron chi connectivity index (χ0n) is 15.4. The SMILES string of the molecule is Cc1noc(CC(c2ccccc2)c2[nH]nc3c(NS(C)(=O)=O)cccc23)n1. The monoisotopic (exact) mass is 397 g/mol. The average molecular weight is 397 g/mol. The van der Waals surface area contributed by atoms with Crippen molar-refractivity contribution in [3.63, 3.8) is 0 Å². The van der Waals surface area contributed by atoms with E-state index < -0.39 is 10.0 Å². The summed E-state index contributed by atoms with van der Waals surface area (Å²) in [6.07, 6.45) is 1.61. The second kappa shape index (κ2) is 7.08. The highest BCUT2D eigenvalue weighted by atomic mass is 32.2. The minimum Gasteiger partial charge on any atom is -0.339 e. The summed E-state index contributed by atoms with van der Waals surface area (Å²) in [5, 5.41) is 12.2. The standard InChI is InChI=1S/C19H19N5O3S/c1-12-20-17(27-23-12)11-15(13-7-4-3-5-8-13)18-14-9-6-10-16(19(14)22-21-18)24-28(2,25)26/h3-10,15,24H,11H2,1-2H3,(H,21,22). The van der Waals surface area contributed by atoms with Crippen LogP contribution in [0.1, 0.15) is 28.9 Å². The summed E-state index contributed by atoms with van der Waals surface area (Å²) in [6, 6.07) is 15.3. The summed E-state index contributed by atoms with van der Waals surface area (Å²) in [6.45, 7) is 1.78. The number of nitrogens with zero attached hydrogens (tertiary/aromatic N) is 3. The first kappa shape index (κ1) is 18.2. The summed E-state index contributed by atoms with van der Waals surface area (Å²) in [5.74, 6) is 0.995. The predicted octanol–water partition coefficient (Wildman–Crippen LogP) is 3.00. The van der Waals surface area contributed by atoms with E-state index in [1.54, 1.807) is 19.1 Å². The number of nitrogens with one attached hydrogen (secondary N) is 2. The van der Waals surface area contributed by atoms with Gasteiger partial charge in [-0.2, -0.15) is 10.1 Å². The molecule has 144 valence electrons. The Bertz CT molecular complexity index is 1210. The second-order valence-electron chi connectivity index (χ2n) is 6.62. The van der Waals surface area contributed by atoms with Crippen molar-refractivity contribution in [2.24, 2.45) is 0 Å². The van der Waals surface area contributed by atoms with Crippen molar-refractivity contribution in [3.8, 4) is 0 Å². The van der Waals surface area contributed by atoms with E-state index in [2.05, 4.69) is 25.1 Å². The van der Waals surface area contributed by atoms with Crippen molar-refractivity contribution in [2.45, 2.75) is 19.3 Å². The van der Waals surface area contributed by atoms with E-state index in [-0.39, 0.29) is 5.92 Å². The maximum atomic E-state index is 11.7. The molecule has 0 aliphatic carbocycles. The average Bonchev–Trinajstić information content (AvgIpc) is 3.26. The van der Waals surface area contributed by atoms with Gasteiger partial charge in [0.1, 0.15) is 5.52 Å². The van der Waals surface area contributed by atoms with Gasteiger partial charge in [0.15, 0.2) is 5.82 Å². The van der Waals surface area contributed by atoms with Gasteiger partial charge in [-0.1, -0.05) is 47.6 Å². The molecular formula is C19H19N5O3S. The van der Waals surface area contributed by atoms with Gasteiger partial charge in [0.05, 0.1) is 17.6 Å². The van der Waals surface area contributed by atoms with Crippen LogP contribution in [0.5, 0.6) is 0 Å².